The number of hydrogen-bond donors (Lipinski definition) is 0. The number of carbonyl (C=O) groups excluding carboxylic acids is 1. The minimum absolute atomic E-state index is 0.00509. The number of rotatable bonds is 10. The van der Waals surface area contributed by atoms with E-state index < -0.39 is 0 Å². The highest BCUT2D eigenvalue weighted by atomic mass is 16.5. The molecule has 0 N–H and O–H groups in total. The fourth-order valence-corrected chi connectivity index (χ4v) is 2.07. The quantitative estimate of drug-likeness (QED) is 0.622. The second-order valence-electron chi connectivity index (χ2n) is 5.44. The van der Waals surface area contributed by atoms with Crippen molar-refractivity contribution in [2.45, 2.75) is 33.0 Å². The Labute approximate surface area is 127 Å². The summed E-state index contributed by atoms with van der Waals surface area (Å²) >= 11 is 0. The lowest BCUT2D eigenvalue weighted by Gasteiger charge is -2.22. The molecule has 0 saturated carbocycles. The van der Waals surface area contributed by atoms with Crippen molar-refractivity contribution >= 4 is 6.29 Å². The molecule has 0 amide bonds. The normalized spacial score (nSPS) is 15.2. The zero-order chi connectivity index (χ0) is 15.7. The number of hydrogen-bond acceptors (Lipinski definition) is 4. The second-order valence-corrected chi connectivity index (χ2v) is 5.44. The Morgan fingerprint density at radius 1 is 1.14 bits per heavy atom. The molecule has 0 saturated heterocycles. The molecule has 1 rings (SSSR count). The van der Waals surface area contributed by atoms with E-state index >= 15 is 0 Å². The molecule has 3 atom stereocenters. The molecule has 0 radical (unpaired) electrons. The van der Waals surface area contributed by atoms with E-state index in [1.165, 1.54) is 0 Å². The third-order valence-corrected chi connectivity index (χ3v) is 3.74. The molecule has 0 spiro atoms. The lowest BCUT2D eigenvalue weighted by molar-refractivity contribution is -0.112. The zero-order valence-electron chi connectivity index (χ0n) is 13.4. The van der Waals surface area contributed by atoms with Crippen LogP contribution in [0, 0.1) is 11.8 Å². The number of benzene rings is 1. The van der Waals surface area contributed by atoms with Crippen LogP contribution in [0.3, 0.4) is 0 Å². The van der Waals surface area contributed by atoms with Crippen LogP contribution in [0.2, 0.25) is 0 Å². The van der Waals surface area contributed by atoms with Crippen molar-refractivity contribution in [2.24, 2.45) is 11.8 Å². The Morgan fingerprint density at radius 2 is 1.81 bits per heavy atom. The van der Waals surface area contributed by atoms with Crippen LogP contribution in [0.5, 0.6) is 5.75 Å². The molecule has 0 aliphatic carbocycles. The minimum Gasteiger partial charge on any atom is -0.497 e. The van der Waals surface area contributed by atoms with Gasteiger partial charge in [-0.2, -0.15) is 0 Å². The fourth-order valence-electron chi connectivity index (χ4n) is 2.07. The molecule has 0 aromatic heterocycles. The Balaban J connectivity index is 2.51. The summed E-state index contributed by atoms with van der Waals surface area (Å²) in [5, 5.41) is 0. The molecule has 4 heteroatoms. The Kier molecular flexibility index (Phi) is 8.01. The molecule has 0 bridgehead atoms. The van der Waals surface area contributed by atoms with Crippen molar-refractivity contribution in [2.75, 3.05) is 20.8 Å². The lowest BCUT2D eigenvalue weighted by Crippen LogP contribution is -2.24. The van der Waals surface area contributed by atoms with Gasteiger partial charge in [-0.25, -0.2) is 0 Å². The van der Waals surface area contributed by atoms with Gasteiger partial charge in [-0.1, -0.05) is 26.0 Å². The van der Waals surface area contributed by atoms with E-state index in [-0.39, 0.29) is 17.9 Å². The molecule has 118 valence electrons. The van der Waals surface area contributed by atoms with Crippen LogP contribution in [0.4, 0.5) is 0 Å². The average Bonchev–Trinajstić information content (AvgIpc) is 2.52. The fraction of sp³-hybridized carbons (Fsp3) is 0.588. The van der Waals surface area contributed by atoms with E-state index in [9.17, 15) is 4.79 Å². The largest absolute Gasteiger partial charge is 0.497 e. The summed E-state index contributed by atoms with van der Waals surface area (Å²) in [6.45, 7) is 5.07. The first-order valence-corrected chi connectivity index (χ1v) is 7.29. The van der Waals surface area contributed by atoms with E-state index in [1.54, 1.807) is 14.2 Å². The number of carbonyl (C=O) groups is 1. The van der Waals surface area contributed by atoms with Crippen LogP contribution in [0.25, 0.3) is 0 Å². The molecule has 0 heterocycles. The van der Waals surface area contributed by atoms with E-state index in [0.29, 0.717) is 13.2 Å². The van der Waals surface area contributed by atoms with E-state index in [1.807, 2.05) is 31.2 Å². The second kappa shape index (κ2) is 9.53. The van der Waals surface area contributed by atoms with Crippen LogP contribution in [0.15, 0.2) is 24.3 Å². The maximum Gasteiger partial charge on any atom is 0.123 e. The summed E-state index contributed by atoms with van der Waals surface area (Å²) in [7, 11) is 3.31. The monoisotopic (exact) mass is 294 g/mol. The van der Waals surface area contributed by atoms with Gasteiger partial charge in [0.2, 0.25) is 0 Å². The maximum absolute atomic E-state index is 10.8. The van der Waals surface area contributed by atoms with Gasteiger partial charge >= 0.3 is 0 Å². The van der Waals surface area contributed by atoms with Crippen molar-refractivity contribution in [1.29, 1.82) is 0 Å². The number of ether oxygens (including phenoxy) is 3. The van der Waals surface area contributed by atoms with Crippen molar-refractivity contribution in [3.63, 3.8) is 0 Å². The first-order valence-electron chi connectivity index (χ1n) is 7.29. The number of aldehydes is 1. The summed E-state index contributed by atoms with van der Waals surface area (Å²) < 4.78 is 16.3. The molecule has 1 aromatic carbocycles. The smallest absolute Gasteiger partial charge is 0.123 e. The summed E-state index contributed by atoms with van der Waals surface area (Å²) in [4.78, 5) is 10.8. The van der Waals surface area contributed by atoms with Gasteiger partial charge in [-0.15, -0.1) is 0 Å². The standard InChI is InChI=1S/C17H26O4/c1-13(14(2)10-18)9-17(12-19-3)21-11-15-5-7-16(20-4)8-6-15/h5-8,10,13-14,17H,9,11-12H2,1-4H3. The minimum atomic E-state index is -0.00509. The summed E-state index contributed by atoms with van der Waals surface area (Å²) in [5.41, 5.74) is 1.09. The molecule has 3 unspecified atom stereocenters. The Morgan fingerprint density at radius 3 is 2.33 bits per heavy atom. The first kappa shape index (κ1) is 17.7. The van der Waals surface area contributed by atoms with Gasteiger partial charge in [0.25, 0.3) is 0 Å². The van der Waals surface area contributed by atoms with E-state index in [2.05, 4.69) is 6.92 Å². The SMILES string of the molecule is COCC(CC(C)C(C)C=O)OCc1ccc(OC)cc1. The zero-order valence-corrected chi connectivity index (χ0v) is 13.4. The summed E-state index contributed by atoms with van der Waals surface area (Å²) in [6, 6.07) is 7.81. The molecule has 1 aromatic rings. The highest BCUT2D eigenvalue weighted by Crippen LogP contribution is 2.19. The van der Waals surface area contributed by atoms with Gasteiger partial charge < -0.3 is 19.0 Å². The van der Waals surface area contributed by atoms with Crippen LogP contribution < -0.4 is 4.74 Å². The van der Waals surface area contributed by atoms with Gasteiger partial charge in [-0.05, 0) is 30.0 Å². The summed E-state index contributed by atoms with van der Waals surface area (Å²) in [5.74, 6) is 1.15. The van der Waals surface area contributed by atoms with Crippen molar-refractivity contribution in [3.8, 4) is 5.75 Å². The summed E-state index contributed by atoms with van der Waals surface area (Å²) in [6.07, 6.45) is 1.80. The van der Waals surface area contributed by atoms with Gasteiger partial charge in [0.15, 0.2) is 0 Å². The highest BCUT2D eigenvalue weighted by Gasteiger charge is 2.18. The molecular formula is C17H26O4. The van der Waals surface area contributed by atoms with E-state index in [0.717, 1.165) is 24.0 Å². The van der Waals surface area contributed by atoms with Crippen LogP contribution in [-0.2, 0) is 20.9 Å². The Hall–Kier alpha value is -1.39. The third kappa shape index (κ3) is 6.27. The molecule has 4 nitrogen and oxygen atoms in total. The van der Waals surface area contributed by atoms with Crippen molar-refractivity contribution < 1.29 is 19.0 Å². The predicted molar refractivity (Wildman–Crippen MR) is 82.5 cm³/mol. The predicted octanol–water partition coefficient (Wildman–Crippen LogP) is 3.09. The van der Waals surface area contributed by atoms with Gasteiger partial charge in [0, 0.05) is 13.0 Å². The van der Waals surface area contributed by atoms with E-state index in [4.69, 9.17) is 14.2 Å². The van der Waals surface area contributed by atoms with Gasteiger partial charge in [-0.3, -0.25) is 0 Å². The topological polar surface area (TPSA) is 44.8 Å². The molecular weight excluding hydrogens is 268 g/mol. The Bertz CT molecular complexity index is 402. The maximum atomic E-state index is 10.8. The van der Waals surface area contributed by atoms with Crippen molar-refractivity contribution in [1.82, 2.24) is 0 Å². The van der Waals surface area contributed by atoms with Crippen LogP contribution in [0.1, 0.15) is 25.8 Å². The average molecular weight is 294 g/mol. The van der Waals surface area contributed by atoms with Crippen molar-refractivity contribution in [3.05, 3.63) is 29.8 Å². The first-order chi connectivity index (χ1) is 10.1. The number of methoxy groups -OCH3 is 2. The third-order valence-electron chi connectivity index (χ3n) is 3.74. The van der Waals surface area contributed by atoms with Crippen LogP contribution >= 0.6 is 0 Å². The van der Waals surface area contributed by atoms with Gasteiger partial charge in [0.05, 0.1) is 26.4 Å². The van der Waals surface area contributed by atoms with Gasteiger partial charge in [0.1, 0.15) is 12.0 Å². The highest BCUT2D eigenvalue weighted by molar-refractivity contribution is 5.53. The molecule has 0 aliphatic rings. The molecule has 0 aliphatic heterocycles. The lowest BCUT2D eigenvalue weighted by atomic mass is 9.92. The van der Waals surface area contributed by atoms with Crippen LogP contribution in [-0.4, -0.2) is 33.2 Å². The molecule has 0 fully saturated rings. The molecule has 21 heavy (non-hydrogen) atoms.